The average molecular weight is 253 g/mol. The molecular formula is C16H31NO. The third-order valence-corrected chi connectivity index (χ3v) is 4.91. The van der Waals surface area contributed by atoms with Crippen LogP contribution in [0.25, 0.3) is 0 Å². The summed E-state index contributed by atoms with van der Waals surface area (Å²) in [5.41, 5.74) is 0. The molecule has 2 heteroatoms. The number of ether oxygens (including phenoxy) is 1. The van der Waals surface area contributed by atoms with Gasteiger partial charge in [-0.3, -0.25) is 0 Å². The SMILES string of the molecule is CC(C)C1CCC(NCCOC2CCCC2)CC1. The molecule has 0 heterocycles. The van der Waals surface area contributed by atoms with Gasteiger partial charge in [0, 0.05) is 12.6 Å². The maximum Gasteiger partial charge on any atom is 0.0594 e. The van der Waals surface area contributed by atoms with Crippen LogP contribution in [0.15, 0.2) is 0 Å². The van der Waals surface area contributed by atoms with Gasteiger partial charge in [0.1, 0.15) is 0 Å². The van der Waals surface area contributed by atoms with E-state index in [1.807, 2.05) is 0 Å². The molecule has 2 nitrogen and oxygen atoms in total. The Balaban J connectivity index is 1.50. The molecule has 18 heavy (non-hydrogen) atoms. The zero-order valence-corrected chi connectivity index (χ0v) is 12.3. The zero-order valence-electron chi connectivity index (χ0n) is 12.3. The van der Waals surface area contributed by atoms with Gasteiger partial charge in [-0.1, -0.05) is 26.7 Å². The van der Waals surface area contributed by atoms with Gasteiger partial charge < -0.3 is 10.1 Å². The van der Waals surface area contributed by atoms with Crippen LogP contribution in [0, 0.1) is 11.8 Å². The lowest BCUT2D eigenvalue weighted by Gasteiger charge is -2.31. The Morgan fingerprint density at radius 1 is 1.00 bits per heavy atom. The van der Waals surface area contributed by atoms with Gasteiger partial charge >= 0.3 is 0 Å². The van der Waals surface area contributed by atoms with E-state index in [0.29, 0.717) is 6.10 Å². The predicted octanol–water partition coefficient (Wildman–Crippen LogP) is 3.75. The molecule has 2 fully saturated rings. The molecule has 0 unspecified atom stereocenters. The van der Waals surface area contributed by atoms with E-state index >= 15 is 0 Å². The predicted molar refractivity (Wildman–Crippen MR) is 76.8 cm³/mol. The first-order valence-electron chi connectivity index (χ1n) is 8.10. The van der Waals surface area contributed by atoms with Crippen molar-refractivity contribution in [3.63, 3.8) is 0 Å². The van der Waals surface area contributed by atoms with Crippen molar-refractivity contribution in [3.8, 4) is 0 Å². The van der Waals surface area contributed by atoms with Crippen LogP contribution in [0.5, 0.6) is 0 Å². The molecule has 0 aliphatic heterocycles. The van der Waals surface area contributed by atoms with E-state index in [2.05, 4.69) is 19.2 Å². The summed E-state index contributed by atoms with van der Waals surface area (Å²) in [7, 11) is 0. The van der Waals surface area contributed by atoms with Gasteiger partial charge in [0.05, 0.1) is 12.7 Å². The van der Waals surface area contributed by atoms with Crippen LogP contribution < -0.4 is 5.32 Å². The van der Waals surface area contributed by atoms with Crippen LogP contribution >= 0.6 is 0 Å². The molecule has 0 spiro atoms. The first-order valence-corrected chi connectivity index (χ1v) is 8.10. The van der Waals surface area contributed by atoms with Crippen molar-refractivity contribution in [3.05, 3.63) is 0 Å². The van der Waals surface area contributed by atoms with Crippen molar-refractivity contribution in [1.82, 2.24) is 5.32 Å². The highest BCUT2D eigenvalue weighted by Crippen LogP contribution is 2.29. The monoisotopic (exact) mass is 253 g/mol. The van der Waals surface area contributed by atoms with E-state index in [-0.39, 0.29) is 0 Å². The van der Waals surface area contributed by atoms with Gasteiger partial charge in [-0.2, -0.15) is 0 Å². The maximum absolute atomic E-state index is 5.89. The van der Waals surface area contributed by atoms with E-state index in [4.69, 9.17) is 4.74 Å². The first-order chi connectivity index (χ1) is 8.75. The Morgan fingerprint density at radius 2 is 1.67 bits per heavy atom. The van der Waals surface area contributed by atoms with Gasteiger partial charge in [-0.25, -0.2) is 0 Å². The fraction of sp³-hybridized carbons (Fsp3) is 1.00. The zero-order chi connectivity index (χ0) is 12.8. The average Bonchev–Trinajstić information content (AvgIpc) is 2.88. The van der Waals surface area contributed by atoms with E-state index in [1.165, 1.54) is 51.4 Å². The topological polar surface area (TPSA) is 21.3 Å². The summed E-state index contributed by atoms with van der Waals surface area (Å²) in [6.07, 6.45) is 11.5. The molecule has 0 saturated heterocycles. The summed E-state index contributed by atoms with van der Waals surface area (Å²) in [6, 6.07) is 0.757. The van der Waals surface area contributed by atoms with Crippen LogP contribution in [-0.4, -0.2) is 25.3 Å². The molecule has 2 aliphatic carbocycles. The summed E-state index contributed by atoms with van der Waals surface area (Å²) < 4.78 is 5.89. The van der Waals surface area contributed by atoms with Crippen molar-refractivity contribution in [2.75, 3.05) is 13.2 Å². The number of nitrogens with one attached hydrogen (secondary N) is 1. The lowest BCUT2D eigenvalue weighted by molar-refractivity contribution is 0.0579. The van der Waals surface area contributed by atoms with Gasteiger partial charge in [0.15, 0.2) is 0 Å². The third-order valence-electron chi connectivity index (χ3n) is 4.91. The Kier molecular flexibility index (Phi) is 5.97. The Hall–Kier alpha value is -0.0800. The second-order valence-corrected chi connectivity index (χ2v) is 6.59. The molecule has 0 aromatic rings. The highest BCUT2D eigenvalue weighted by molar-refractivity contribution is 4.78. The van der Waals surface area contributed by atoms with Crippen LogP contribution in [0.2, 0.25) is 0 Å². The summed E-state index contributed by atoms with van der Waals surface area (Å²) in [5, 5.41) is 3.68. The fourth-order valence-corrected chi connectivity index (χ4v) is 3.53. The minimum atomic E-state index is 0.573. The minimum Gasteiger partial charge on any atom is -0.377 e. The second-order valence-electron chi connectivity index (χ2n) is 6.59. The molecule has 0 bridgehead atoms. The Morgan fingerprint density at radius 3 is 2.28 bits per heavy atom. The van der Waals surface area contributed by atoms with Gasteiger partial charge in [0.2, 0.25) is 0 Å². The Bertz CT molecular complexity index is 215. The van der Waals surface area contributed by atoms with Crippen LogP contribution in [0.1, 0.15) is 65.2 Å². The van der Waals surface area contributed by atoms with Crippen molar-refractivity contribution < 1.29 is 4.74 Å². The summed E-state index contributed by atoms with van der Waals surface area (Å²) in [4.78, 5) is 0. The molecule has 0 atom stereocenters. The molecule has 2 saturated carbocycles. The third kappa shape index (κ3) is 4.55. The lowest BCUT2D eigenvalue weighted by Crippen LogP contribution is -2.36. The summed E-state index contributed by atoms with van der Waals surface area (Å²) in [6.45, 7) is 6.70. The van der Waals surface area contributed by atoms with E-state index in [9.17, 15) is 0 Å². The fourth-order valence-electron chi connectivity index (χ4n) is 3.53. The molecule has 0 amide bonds. The lowest BCUT2D eigenvalue weighted by atomic mass is 9.80. The standard InChI is InChI=1S/C16H31NO/c1-13(2)14-7-9-15(10-8-14)17-11-12-18-16-5-3-4-6-16/h13-17H,3-12H2,1-2H3. The molecule has 106 valence electrons. The molecule has 0 aromatic heterocycles. The summed E-state index contributed by atoms with van der Waals surface area (Å²) >= 11 is 0. The quantitative estimate of drug-likeness (QED) is 0.728. The van der Waals surface area contributed by atoms with E-state index in [0.717, 1.165) is 31.0 Å². The highest BCUT2D eigenvalue weighted by Gasteiger charge is 2.22. The van der Waals surface area contributed by atoms with Gasteiger partial charge in [-0.15, -0.1) is 0 Å². The molecule has 2 rings (SSSR count). The Labute approximate surface area is 113 Å². The highest BCUT2D eigenvalue weighted by atomic mass is 16.5. The van der Waals surface area contributed by atoms with Gasteiger partial charge in [-0.05, 0) is 50.4 Å². The van der Waals surface area contributed by atoms with Crippen LogP contribution in [-0.2, 0) is 4.74 Å². The number of hydrogen-bond acceptors (Lipinski definition) is 2. The van der Waals surface area contributed by atoms with Crippen molar-refractivity contribution in [2.24, 2.45) is 11.8 Å². The van der Waals surface area contributed by atoms with E-state index in [1.54, 1.807) is 0 Å². The first kappa shape index (κ1) is 14.3. The molecule has 0 aromatic carbocycles. The van der Waals surface area contributed by atoms with Crippen molar-refractivity contribution in [2.45, 2.75) is 77.4 Å². The summed E-state index contributed by atoms with van der Waals surface area (Å²) in [5.74, 6) is 1.84. The normalized spacial score (nSPS) is 30.2. The smallest absolute Gasteiger partial charge is 0.0594 e. The van der Waals surface area contributed by atoms with Crippen LogP contribution in [0.4, 0.5) is 0 Å². The number of hydrogen-bond donors (Lipinski definition) is 1. The molecule has 2 aliphatic rings. The second kappa shape index (κ2) is 7.49. The molecule has 1 N–H and O–H groups in total. The van der Waals surface area contributed by atoms with E-state index < -0.39 is 0 Å². The largest absolute Gasteiger partial charge is 0.377 e. The van der Waals surface area contributed by atoms with Crippen molar-refractivity contribution in [1.29, 1.82) is 0 Å². The van der Waals surface area contributed by atoms with Crippen molar-refractivity contribution >= 4 is 0 Å². The maximum atomic E-state index is 5.89. The molecule has 0 radical (unpaired) electrons. The minimum absolute atomic E-state index is 0.573. The molecular weight excluding hydrogens is 222 g/mol. The van der Waals surface area contributed by atoms with Gasteiger partial charge in [0.25, 0.3) is 0 Å². The number of rotatable bonds is 6. The van der Waals surface area contributed by atoms with Crippen LogP contribution in [0.3, 0.4) is 0 Å².